The Morgan fingerprint density at radius 3 is 3.20 bits per heavy atom. The van der Waals surface area contributed by atoms with E-state index < -0.39 is 0 Å². The van der Waals surface area contributed by atoms with Crippen molar-refractivity contribution in [2.24, 2.45) is 0 Å². The minimum atomic E-state index is -0.197. The van der Waals surface area contributed by atoms with E-state index in [2.05, 4.69) is 20.8 Å². The van der Waals surface area contributed by atoms with Crippen LogP contribution in [0.4, 0.5) is 5.69 Å². The molecule has 1 amide bonds. The molecule has 0 aliphatic carbocycles. The minimum Gasteiger partial charge on any atom is -0.495 e. The van der Waals surface area contributed by atoms with Crippen molar-refractivity contribution < 1.29 is 14.3 Å². The third-order valence-corrected chi connectivity index (χ3v) is 4.86. The summed E-state index contributed by atoms with van der Waals surface area (Å²) in [4.78, 5) is 12.2. The number of carbonyl (C=O) groups is 1. The van der Waals surface area contributed by atoms with E-state index in [0.717, 1.165) is 19.4 Å². The minimum absolute atomic E-state index is 0.132. The number of tetrazole rings is 1. The van der Waals surface area contributed by atoms with Crippen LogP contribution in [-0.4, -0.2) is 51.7 Å². The van der Waals surface area contributed by atoms with Crippen LogP contribution in [0.3, 0.4) is 0 Å². The van der Waals surface area contributed by atoms with Crippen LogP contribution in [0.15, 0.2) is 23.4 Å². The molecule has 0 spiro atoms. The van der Waals surface area contributed by atoms with Gasteiger partial charge in [-0.2, -0.15) is 0 Å². The highest BCUT2D eigenvalue weighted by Crippen LogP contribution is 2.28. The number of aromatic nitrogens is 4. The SMILES string of the molecule is COc1ccc(Cl)cc1NC(=O)CSc1nnnn1CC1CCCO1. The van der Waals surface area contributed by atoms with Gasteiger partial charge in [0.05, 0.1) is 31.2 Å². The first-order valence-electron chi connectivity index (χ1n) is 7.79. The van der Waals surface area contributed by atoms with Crippen molar-refractivity contribution >= 4 is 35.0 Å². The average molecular weight is 384 g/mol. The summed E-state index contributed by atoms with van der Waals surface area (Å²) in [5.74, 6) is 0.518. The lowest BCUT2D eigenvalue weighted by Crippen LogP contribution is -2.18. The predicted octanol–water partition coefficient (Wildman–Crippen LogP) is 2.24. The van der Waals surface area contributed by atoms with Gasteiger partial charge in [0.2, 0.25) is 11.1 Å². The summed E-state index contributed by atoms with van der Waals surface area (Å²) in [7, 11) is 1.53. The van der Waals surface area contributed by atoms with Gasteiger partial charge < -0.3 is 14.8 Å². The van der Waals surface area contributed by atoms with E-state index in [9.17, 15) is 4.79 Å². The second kappa shape index (κ2) is 8.50. The number of ether oxygens (including phenoxy) is 2. The number of hydrogen-bond donors (Lipinski definition) is 1. The Balaban J connectivity index is 1.56. The molecule has 2 heterocycles. The molecule has 1 atom stereocenters. The number of rotatable bonds is 7. The first kappa shape index (κ1) is 18.0. The highest BCUT2D eigenvalue weighted by atomic mass is 35.5. The van der Waals surface area contributed by atoms with E-state index in [1.165, 1.54) is 18.9 Å². The van der Waals surface area contributed by atoms with Gasteiger partial charge >= 0.3 is 0 Å². The Morgan fingerprint density at radius 1 is 1.56 bits per heavy atom. The molecule has 0 saturated carbocycles. The van der Waals surface area contributed by atoms with Crippen molar-refractivity contribution in [1.82, 2.24) is 20.2 Å². The van der Waals surface area contributed by atoms with Crippen LogP contribution in [0.25, 0.3) is 0 Å². The number of anilines is 1. The average Bonchev–Trinajstić information content (AvgIpc) is 3.26. The summed E-state index contributed by atoms with van der Waals surface area (Å²) in [6.07, 6.45) is 2.19. The number of benzene rings is 1. The molecule has 25 heavy (non-hydrogen) atoms. The second-order valence-corrected chi connectivity index (χ2v) is 6.84. The molecule has 2 aromatic rings. The van der Waals surface area contributed by atoms with Crippen molar-refractivity contribution in [1.29, 1.82) is 0 Å². The van der Waals surface area contributed by atoms with Gasteiger partial charge in [0.15, 0.2) is 0 Å². The van der Waals surface area contributed by atoms with Crippen molar-refractivity contribution in [3.8, 4) is 5.75 Å². The molecule has 0 bridgehead atoms. The molecule has 3 rings (SSSR count). The Morgan fingerprint density at radius 2 is 2.44 bits per heavy atom. The normalized spacial score (nSPS) is 16.8. The van der Waals surface area contributed by atoms with E-state index >= 15 is 0 Å². The summed E-state index contributed by atoms with van der Waals surface area (Å²) in [6.45, 7) is 1.37. The predicted molar refractivity (Wildman–Crippen MR) is 94.1 cm³/mol. The largest absolute Gasteiger partial charge is 0.495 e. The van der Waals surface area contributed by atoms with E-state index in [1.807, 2.05) is 0 Å². The standard InChI is InChI=1S/C15H18ClN5O3S/c1-23-13-5-4-10(16)7-12(13)17-14(22)9-25-15-18-19-20-21(15)8-11-3-2-6-24-11/h4-5,7,11H,2-3,6,8-9H2,1H3,(H,17,22). The van der Waals surface area contributed by atoms with E-state index in [0.29, 0.717) is 28.2 Å². The topological polar surface area (TPSA) is 91.2 Å². The number of thioether (sulfide) groups is 1. The lowest BCUT2D eigenvalue weighted by atomic mass is 10.2. The second-order valence-electron chi connectivity index (χ2n) is 5.46. The van der Waals surface area contributed by atoms with Gasteiger partial charge in [0, 0.05) is 11.6 Å². The summed E-state index contributed by atoms with van der Waals surface area (Å²) < 4.78 is 12.5. The number of halogens is 1. The zero-order valence-corrected chi connectivity index (χ0v) is 15.2. The van der Waals surface area contributed by atoms with Crippen LogP contribution in [0.5, 0.6) is 5.75 Å². The van der Waals surface area contributed by atoms with Crippen LogP contribution in [0.2, 0.25) is 5.02 Å². The van der Waals surface area contributed by atoms with E-state index in [4.69, 9.17) is 21.1 Å². The number of nitrogens with one attached hydrogen (secondary N) is 1. The van der Waals surface area contributed by atoms with Crippen LogP contribution >= 0.6 is 23.4 Å². The molecule has 10 heteroatoms. The zero-order valence-electron chi connectivity index (χ0n) is 13.6. The van der Waals surface area contributed by atoms with Crippen LogP contribution in [-0.2, 0) is 16.1 Å². The molecular weight excluding hydrogens is 366 g/mol. The number of amides is 1. The maximum absolute atomic E-state index is 12.2. The van der Waals surface area contributed by atoms with Gasteiger partial charge in [-0.05, 0) is 41.5 Å². The Kier molecular flexibility index (Phi) is 6.11. The van der Waals surface area contributed by atoms with Crippen molar-refractivity contribution in [3.63, 3.8) is 0 Å². The molecule has 1 aliphatic heterocycles. The van der Waals surface area contributed by atoms with Crippen LogP contribution < -0.4 is 10.1 Å². The Hall–Kier alpha value is -1.84. The van der Waals surface area contributed by atoms with Gasteiger partial charge in [-0.3, -0.25) is 4.79 Å². The molecule has 8 nitrogen and oxygen atoms in total. The zero-order chi connectivity index (χ0) is 17.6. The fourth-order valence-electron chi connectivity index (χ4n) is 2.49. The van der Waals surface area contributed by atoms with Gasteiger partial charge in [-0.25, -0.2) is 4.68 Å². The summed E-state index contributed by atoms with van der Waals surface area (Å²) in [5, 5.41) is 15.5. The molecular formula is C15H18ClN5O3S. The summed E-state index contributed by atoms with van der Waals surface area (Å²) in [5.41, 5.74) is 0.527. The number of nitrogens with zero attached hydrogens (tertiary/aromatic N) is 4. The van der Waals surface area contributed by atoms with Crippen LogP contribution in [0.1, 0.15) is 12.8 Å². The van der Waals surface area contributed by atoms with Crippen molar-refractivity contribution in [3.05, 3.63) is 23.2 Å². The monoisotopic (exact) mass is 383 g/mol. The fourth-order valence-corrected chi connectivity index (χ4v) is 3.35. The molecule has 1 aliphatic rings. The molecule has 1 saturated heterocycles. The highest BCUT2D eigenvalue weighted by Gasteiger charge is 2.19. The maximum atomic E-state index is 12.2. The first-order valence-corrected chi connectivity index (χ1v) is 9.16. The summed E-state index contributed by atoms with van der Waals surface area (Å²) in [6, 6.07) is 5.04. The molecule has 134 valence electrons. The van der Waals surface area contributed by atoms with E-state index in [-0.39, 0.29) is 17.8 Å². The van der Waals surface area contributed by atoms with Gasteiger partial charge in [0.1, 0.15) is 5.75 Å². The molecule has 1 aromatic carbocycles. The third kappa shape index (κ3) is 4.83. The van der Waals surface area contributed by atoms with Crippen LogP contribution in [0, 0.1) is 0 Å². The lowest BCUT2D eigenvalue weighted by Gasteiger charge is -2.11. The Labute approximate surface area is 154 Å². The molecule has 1 N–H and O–H groups in total. The lowest BCUT2D eigenvalue weighted by molar-refractivity contribution is -0.113. The van der Waals surface area contributed by atoms with Gasteiger partial charge in [-0.1, -0.05) is 23.4 Å². The van der Waals surface area contributed by atoms with Gasteiger partial charge in [-0.15, -0.1) is 5.10 Å². The quantitative estimate of drug-likeness (QED) is 0.733. The maximum Gasteiger partial charge on any atom is 0.234 e. The Bertz CT molecular complexity index is 736. The fraction of sp³-hybridized carbons (Fsp3) is 0.467. The number of carbonyl (C=O) groups excluding carboxylic acids is 1. The molecule has 0 radical (unpaired) electrons. The highest BCUT2D eigenvalue weighted by molar-refractivity contribution is 7.99. The van der Waals surface area contributed by atoms with Crippen molar-refractivity contribution in [2.45, 2.75) is 30.6 Å². The number of methoxy groups -OCH3 is 1. The molecule has 1 unspecified atom stereocenters. The third-order valence-electron chi connectivity index (χ3n) is 3.67. The van der Waals surface area contributed by atoms with Gasteiger partial charge in [0.25, 0.3) is 0 Å². The smallest absolute Gasteiger partial charge is 0.234 e. The number of hydrogen-bond acceptors (Lipinski definition) is 7. The van der Waals surface area contributed by atoms with E-state index in [1.54, 1.807) is 22.9 Å². The van der Waals surface area contributed by atoms with Crippen molar-refractivity contribution in [2.75, 3.05) is 24.8 Å². The first-order chi connectivity index (χ1) is 12.2. The molecule has 1 aromatic heterocycles. The molecule has 1 fully saturated rings. The summed E-state index contributed by atoms with van der Waals surface area (Å²) >= 11 is 7.23.